The van der Waals surface area contributed by atoms with Gasteiger partial charge in [-0.15, -0.1) is 23.2 Å². The van der Waals surface area contributed by atoms with Gasteiger partial charge < -0.3 is 25.2 Å². The zero-order chi connectivity index (χ0) is 35.7. The van der Waals surface area contributed by atoms with Crippen molar-refractivity contribution in [2.24, 2.45) is 0 Å². The van der Waals surface area contributed by atoms with Gasteiger partial charge in [0.2, 0.25) is 0 Å². The summed E-state index contributed by atoms with van der Waals surface area (Å²) in [4.78, 5) is 23.8. The van der Waals surface area contributed by atoms with E-state index in [4.69, 9.17) is 42.0 Å². The number of hydrogen-bond acceptors (Lipinski definition) is 10. The fourth-order valence-electron chi connectivity index (χ4n) is 3.67. The number of benzene rings is 1. The van der Waals surface area contributed by atoms with E-state index in [1.807, 2.05) is 61.3 Å². The number of nitrogens with one attached hydrogen (secondary N) is 2. The monoisotopic (exact) mass is 752 g/mol. The highest BCUT2D eigenvalue weighted by Crippen LogP contribution is 2.23. The molecular weight excluding hydrogens is 707 g/mol. The number of aliphatic hydroxyl groups is 1. The predicted octanol–water partition coefficient (Wildman–Crippen LogP) is 8.54. The smallest absolute Gasteiger partial charge is 0.408 e. The quantitative estimate of drug-likeness (QED) is 0.131. The van der Waals surface area contributed by atoms with Crippen LogP contribution in [0.2, 0.25) is 0 Å². The van der Waals surface area contributed by atoms with Gasteiger partial charge in [-0.05, 0) is 118 Å². The van der Waals surface area contributed by atoms with Crippen LogP contribution in [0.15, 0.2) is 62.8 Å². The molecule has 15 heteroatoms. The molecule has 3 N–H and O–H groups in total. The molecule has 3 aromatic rings. The van der Waals surface area contributed by atoms with Crippen molar-refractivity contribution in [3.8, 4) is 0 Å². The maximum atomic E-state index is 12.3. The highest BCUT2D eigenvalue weighted by molar-refractivity contribution is 7.86. The summed E-state index contributed by atoms with van der Waals surface area (Å²) < 4.78 is 40.2. The van der Waals surface area contributed by atoms with Gasteiger partial charge in [0.1, 0.15) is 11.2 Å². The zero-order valence-electron chi connectivity index (χ0n) is 27.7. The van der Waals surface area contributed by atoms with Crippen LogP contribution in [0.1, 0.15) is 83.2 Å². The normalized spacial score (nSPS) is 12.7. The van der Waals surface area contributed by atoms with E-state index in [1.165, 1.54) is 23.5 Å². The van der Waals surface area contributed by atoms with Crippen LogP contribution in [0.4, 0.5) is 9.59 Å². The Morgan fingerprint density at radius 1 is 0.809 bits per heavy atom. The Bertz CT molecular complexity index is 1410. The minimum atomic E-state index is -3.84. The predicted molar refractivity (Wildman–Crippen MR) is 190 cm³/mol. The summed E-state index contributed by atoms with van der Waals surface area (Å²) in [5, 5.41) is 22.4. The molecule has 0 saturated heterocycles. The van der Waals surface area contributed by atoms with Crippen LogP contribution in [0.5, 0.6) is 0 Å². The first-order chi connectivity index (χ1) is 21.9. The van der Waals surface area contributed by atoms with Gasteiger partial charge in [0.25, 0.3) is 10.1 Å². The molecule has 2 amide bonds. The van der Waals surface area contributed by atoms with E-state index in [0.29, 0.717) is 12.8 Å². The van der Waals surface area contributed by atoms with Gasteiger partial charge in [0.05, 0.1) is 28.9 Å². The lowest BCUT2D eigenvalue weighted by atomic mass is 10.1. The summed E-state index contributed by atoms with van der Waals surface area (Å²) in [5.74, 6) is 0. The standard InChI is InChI=1S/C19H25NO5S2.C12H19NO3S.CH2Cl2/c1-14-5-7-16(8-6-14)27(22,23)24-11-9-17(15-10-12-26-13-15)20-18(21)25-19(2,3)4;1-12(2,3)16-11(15)13-10(4-6-14)9-5-7-17-8-9;2-1-3/h5-8,10,12-13,17H,9,11H2,1-4H3,(H,20,21);5,7-8,10,14H,4,6H2,1-3H3,(H,13,15);1H2. The average Bonchev–Trinajstić information content (AvgIpc) is 3.67. The van der Waals surface area contributed by atoms with Gasteiger partial charge in [-0.1, -0.05) is 17.7 Å². The first-order valence-electron chi connectivity index (χ1n) is 14.6. The molecule has 0 bridgehead atoms. The van der Waals surface area contributed by atoms with Crippen LogP contribution in [-0.2, 0) is 23.8 Å². The molecule has 0 aliphatic rings. The second-order valence-electron chi connectivity index (χ2n) is 12.0. The number of aryl methyl sites for hydroxylation is 1. The fourth-order valence-corrected chi connectivity index (χ4v) is 6.02. The molecule has 0 aliphatic heterocycles. The molecule has 2 atom stereocenters. The lowest BCUT2D eigenvalue weighted by Gasteiger charge is -2.23. The Morgan fingerprint density at radius 3 is 1.60 bits per heavy atom. The molecular formula is C32H46Cl2N2O8S3. The third-order valence-corrected chi connectivity index (χ3v) is 8.37. The fraction of sp³-hybridized carbons (Fsp3) is 0.500. The minimum absolute atomic E-state index is 0.0241. The Labute approximate surface area is 296 Å². The summed E-state index contributed by atoms with van der Waals surface area (Å²) in [6.07, 6.45) is -0.237. The van der Waals surface area contributed by atoms with E-state index in [-0.39, 0.29) is 29.5 Å². The second kappa shape index (κ2) is 20.9. The van der Waals surface area contributed by atoms with Crippen molar-refractivity contribution >= 4 is 68.2 Å². The Balaban J connectivity index is 0.000000473. The van der Waals surface area contributed by atoms with E-state index in [1.54, 1.807) is 44.2 Å². The van der Waals surface area contributed by atoms with Crippen LogP contribution in [-0.4, -0.2) is 55.5 Å². The summed E-state index contributed by atoms with van der Waals surface area (Å²) >= 11 is 12.6. The van der Waals surface area contributed by atoms with Crippen molar-refractivity contribution in [2.45, 2.75) is 89.5 Å². The lowest BCUT2D eigenvalue weighted by Crippen LogP contribution is -2.35. The molecule has 0 fully saturated rings. The van der Waals surface area contributed by atoms with E-state index in [9.17, 15) is 18.0 Å². The van der Waals surface area contributed by atoms with E-state index in [0.717, 1.165) is 16.7 Å². The highest BCUT2D eigenvalue weighted by Gasteiger charge is 2.23. The SMILES string of the molecule is CC(C)(C)OC(=O)NC(CCO)c1ccsc1.Cc1ccc(S(=O)(=O)OCCC(NC(=O)OC(C)(C)C)c2ccsc2)cc1.ClCCl. The van der Waals surface area contributed by atoms with Crippen LogP contribution in [0.25, 0.3) is 0 Å². The molecule has 1 aromatic carbocycles. The summed E-state index contributed by atoms with van der Waals surface area (Å²) in [7, 11) is -3.84. The number of alkyl carbamates (subject to hydrolysis) is 2. The van der Waals surface area contributed by atoms with Gasteiger partial charge in [0, 0.05) is 6.61 Å². The molecule has 264 valence electrons. The number of hydrogen-bond donors (Lipinski definition) is 3. The van der Waals surface area contributed by atoms with E-state index < -0.39 is 39.5 Å². The van der Waals surface area contributed by atoms with Crippen LogP contribution >= 0.6 is 45.9 Å². The second-order valence-corrected chi connectivity index (χ2v) is 16.0. The number of halogens is 2. The largest absolute Gasteiger partial charge is 0.444 e. The molecule has 47 heavy (non-hydrogen) atoms. The average molecular weight is 754 g/mol. The first-order valence-corrected chi connectivity index (χ1v) is 19.0. The molecule has 10 nitrogen and oxygen atoms in total. The minimum Gasteiger partial charge on any atom is -0.444 e. The van der Waals surface area contributed by atoms with Crippen molar-refractivity contribution in [3.63, 3.8) is 0 Å². The van der Waals surface area contributed by atoms with E-state index in [2.05, 4.69) is 10.6 Å². The number of amides is 2. The third kappa shape index (κ3) is 18.7. The number of carbonyl (C=O) groups excluding carboxylic acids is 2. The molecule has 0 aliphatic carbocycles. The Hall–Kier alpha value is -2.39. The molecule has 0 radical (unpaired) electrons. The molecule has 0 spiro atoms. The number of rotatable bonds is 11. The maximum Gasteiger partial charge on any atom is 0.408 e. The number of aliphatic hydroxyl groups excluding tert-OH is 1. The van der Waals surface area contributed by atoms with Gasteiger partial charge >= 0.3 is 12.2 Å². The first kappa shape index (κ1) is 42.6. The number of thiophene rings is 2. The molecule has 2 aromatic heterocycles. The van der Waals surface area contributed by atoms with Gasteiger partial charge in [-0.25, -0.2) is 9.59 Å². The van der Waals surface area contributed by atoms with Crippen LogP contribution < -0.4 is 10.6 Å². The van der Waals surface area contributed by atoms with Crippen LogP contribution in [0.3, 0.4) is 0 Å². The molecule has 3 rings (SSSR count). The summed E-state index contributed by atoms with van der Waals surface area (Å²) in [6.45, 7) is 12.6. The topological polar surface area (TPSA) is 140 Å². The molecule has 2 heterocycles. The summed E-state index contributed by atoms with van der Waals surface area (Å²) in [6, 6.07) is 9.67. The van der Waals surface area contributed by atoms with Crippen LogP contribution in [0, 0.1) is 6.92 Å². The molecule has 0 saturated carbocycles. The maximum absolute atomic E-state index is 12.3. The highest BCUT2D eigenvalue weighted by atomic mass is 35.5. The number of ether oxygens (including phenoxy) is 2. The third-order valence-electron chi connectivity index (χ3n) is 5.65. The lowest BCUT2D eigenvalue weighted by molar-refractivity contribution is 0.0485. The van der Waals surface area contributed by atoms with Gasteiger partial charge in [0.15, 0.2) is 0 Å². The van der Waals surface area contributed by atoms with Crippen molar-refractivity contribution < 1.29 is 36.8 Å². The van der Waals surface area contributed by atoms with Gasteiger partial charge in [-0.3, -0.25) is 4.18 Å². The Morgan fingerprint density at radius 2 is 1.23 bits per heavy atom. The Kier molecular flexibility index (Phi) is 18.9. The van der Waals surface area contributed by atoms with Crippen molar-refractivity contribution in [1.29, 1.82) is 0 Å². The molecule has 2 unspecified atom stereocenters. The summed E-state index contributed by atoms with van der Waals surface area (Å²) in [5.41, 5.74) is 1.71. The van der Waals surface area contributed by atoms with Crippen molar-refractivity contribution in [1.82, 2.24) is 10.6 Å². The van der Waals surface area contributed by atoms with Crippen molar-refractivity contribution in [2.75, 3.05) is 18.6 Å². The van der Waals surface area contributed by atoms with Crippen molar-refractivity contribution in [3.05, 3.63) is 74.6 Å². The van der Waals surface area contributed by atoms with E-state index >= 15 is 0 Å². The number of alkyl halides is 2. The zero-order valence-corrected chi connectivity index (χ0v) is 31.7. The number of carbonyl (C=O) groups is 2. The van der Waals surface area contributed by atoms with Gasteiger partial charge in [-0.2, -0.15) is 31.1 Å².